The van der Waals surface area contributed by atoms with E-state index in [-0.39, 0.29) is 12.0 Å². The first-order chi connectivity index (χ1) is 18.2. The number of ether oxygens (including phenoxy) is 1. The van der Waals surface area contributed by atoms with Crippen LogP contribution in [0.1, 0.15) is 55.4 Å². The number of fused-ring (bicyclic) bond motifs is 1. The molecular weight excluding hydrogens is 476 g/mol. The number of urea groups is 1. The molecule has 0 bridgehead atoms. The Morgan fingerprint density at radius 3 is 2.39 bits per heavy atom. The molecule has 0 unspecified atom stereocenters. The Balaban J connectivity index is 1.37. The number of imidazole rings is 1. The van der Waals surface area contributed by atoms with Gasteiger partial charge in [-0.15, -0.1) is 0 Å². The van der Waals surface area contributed by atoms with E-state index in [2.05, 4.69) is 22.0 Å². The second-order valence-electron chi connectivity index (χ2n) is 10.8. The quantitative estimate of drug-likeness (QED) is 0.305. The molecule has 196 valence electrons. The molecule has 0 saturated carbocycles. The van der Waals surface area contributed by atoms with Crippen molar-refractivity contribution in [2.75, 3.05) is 18.4 Å². The normalized spacial score (nSPS) is 13.6. The predicted molar refractivity (Wildman–Crippen MR) is 150 cm³/mol. The highest BCUT2D eigenvalue weighted by Gasteiger charge is 2.21. The standard InChI is InChI=1S/C31H34N4O3/c1-21-32-27-16-15-24(33-30(37)34-17-7-8-18-34)19-28(27)35(21)20-22-11-13-23(14-12-22)25-9-5-6-10-26(25)29(36)38-31(2,3)4/h5-6,9-16,19H,7-8,17-18,20H2,1-4H3,(H,33,37). The van der Waals surface area contributed by atoms with Crippen LogP contribution in [0.3, 0.4) is 0 Å². The van der Waals surface area contributed by atoms with Gasteiger partial charge in [0.2, 0.25) is 0 Å². The Kier molecular flexibility index (Phi) is 6.93. The number of aryl methyl sites for hydroxylation is 1. The molecule has 1 fully saturated rings. The number of nitrogens with one attached hydrogen (secondary N) is 1. The molecule has 0 radical (unpaired) electrons. The highest BCUT2D eigenvalue weighted by molar-refractivity contribution is 5.97. The summed E-state index contributed by atoms with van der Waals surface area (Å²) in [5, 5.41) is 3.04. The summed E-state index contributed by atoms with van der Waals surface area (Å²) < 4.78 is 7.78. The first kappa shape index (κ1) is 25.5. The highest BCUT2D eigenvalue weighted by atomic mass is 16.6. The number of rotatable bonds is 5. The van der Waals surface area contributed by atoms with Crippen molar-refractivity contribution < 1.29 is 14.3 Å². The second-order valence-corrected chi connectivity index (χ2v) is 10.8. The zero-order valence-corrected chi connectivity index (χ0v) is 22.5. The summed E-state index contributed by atoms with van der Waals surface area (Å²) in [6.45, 7) is 9.86. The van der Waals surface area contributed by atoms with Crippen LogP contribution in [0.4, 0.5) is 10.5 Å². The summed E-state index contributed by atoms with van der Waals surface area (Å²) in [4.78, 5) is 32.0. The van der Waals surface area contributed by atoms with Crippen molar-refractivity contribution >= 4 is 28.7 Å². The second kappa shape index (κ2) is 10.3. The first-order valence-electron chi connectivity index (χ1n) is 13.1. The van der Waals surface area contributed by atoms with Gasteiger partial charge < -0.3 is 19.5 Å². The van der Waals surface area contributed by atoms with Gasteiger partial charge in [0.15, 0.2) is 0 Å². The van der Waals surface area contributed by atoms with Crippen LogP contribution in [0.5, 0.6) is 0 Å². The number of nitrogens with zero attached hydrogens (tertiary/aromatic N) is 3. The van der Waals surface area contributed by atoms with E-state index in [1.165, 1.54) is 0 Å². The van der Waals surface area contributed by atoms with Crippen molar-refractivity contribution in [2.24, 2.45) is 0 Å². The lowest BCUT2D eigenvalue weighted by Gasteiger charge is -2.20. The number of amides is 2. The van der Waals surface area contributed by atoms with Crippen molar-refractivity contribution in [1.82, 2.24) is 14.5 Å². The van der Waals surface area contributed by atoms with E-state index >= 15 is 0 Å². The van der Waals surface area contributed by atoms with Crippen molar-refractivity contribution in [2.45, 2.75) is 52.7 Å². The van der Waals surface area contributed by atoms with Crippen LogP contribution >= 0.6 is 0 Å². The van der Waals surface area contributed by atoms with Gasteiger partial charge in [-0.25, -0.2) is 14.6 Å². The topological polar surface area (TPSA) is 76.5 Å². The maximum atomic E-state index is 12.8. The van der Waals surface area contributed by atoms with E-state index in [9.17, 15) is 9.59 Å². The van der Waals surface area contributed by atoms with E-state index in [0.29, 0.717) is 12.1 Å². The van der Waals surface area contributed by atoms with Gasteiger partial charge in [0.05, 0.1) is 16.6 Å². The van der Waals surface area contributed by atoms with Crippen LogP contribution in [0.2, 0.25) is 0 Å². The lowest BCUT2D eigenvalue weighted by atomic mass is 9.98. The fraction of sp³-hybridized carbons (Fsp3) is 0.323. The molecule has 1 aliphatic heterocycles. The minimum absolute atomic E-state index is 0.0492. The summed E-state index contributed by atoms with van der Waals surface area (Å²) in [6, 6.07) is 21.6. The third-order valence-corrected chi connectivity index (χ3v) is 6.74. The van der Waals surface area contributed by atoms with Crippen molar-refractivity contribution in [3.63, 3.8) is 0 Å². The molecule has 2 heterocycles. The van der Waals surface area contributed by atoms with Crippen molar-refractivity contribution in [3.05, 3.63) is 83.7 Å². The molecule has 7 nitrogen and oxygen atoms in total. The molecule has 1 aliphatic rings. The molecule has 0 spiro atoms. The number of carbonyl (C=O) groups excluding carboxylic acids is 2. The van der Waals surface area contributed by atoms with E-state index in [0.717, 1.165) is 65.2 Å². The van der Waals surface area contributed by atoms with Crippen LogP contribution in [0, 0.1) is 6.92 Å². The summed E-state index contributed by atoms with van der Waals surface area (Å²) in [5.41, 5.74) is 5.53. The molecule has 1 aromatic heterocycles. The Morgan fingerprint density at radius 2 is 1.68 bits per heavy atom. The molecule has 3 aromatic carbocycles. The minimum atomic E-state index is -0.559. The first-order valence-corrected chi connectivity index (χ1v) is 13.1. The zero-order chi connectivity index (χ0) is 26.9. The molecule has 5 rings (SSSR count). The van der Waals surface area contributed by atoms with Crippen LogP contribution in [0.15, 0.2) is 66.7 Å². The minimum Gasteiger partial charge on any atom is -0.456 e. The summed E-state index contributed by atoms with van der Waals surface area (Å²) in [6.07, 6.45) is 2.12. The molecular formula is C31H34N4O3. The van der Waals surface area contributed by atoms with Gasteiger partial charge in [-0.1, -0.05) is 42.5 Å². The van der Waals surface area contributed by atoms with Gasteiger partial charge in [0.25, 0.3) is 0 Å². The molecule has 1 N–H and O–H groups in total. The fourth-order valence-corrected chi connectivity index (χ4v) is 4.86. The maximum Gasteiger partial charge on any atom is 0.339 e. The number of likely N-dealkylation sites (tertiary alicyclic amines) is 1. The SMILES string of the molecule is Cc1nc2ccc(NC(=O)N3CCCC3)cc2n1Cc1ccc(-c2ccccc2C(=O)OC(C)(C)C)cc1. The Bertz CT molecular complexity index is 1480. The van der Waals surface area contributed by atoms with E-state index in [1.54, 1.807) is 6.07 Å². The van der Waals surface area contributed by atoms with Crippen LogP contribution in [-0.2, 0) is 11.3 Å². The molecule has 1 saturated heterocycles. The zero-order valence-electron chi connectivity index (χ0n) is 22.5. The Morgan fingerprint density at radius 1 is 0.974 bits per heavy atom. The molecule has 0 aliphatic carbocycles. The average Bonchev–Trinajstić information content (AvgIpc) is 3.52. The van der Waals surface area contributed by atoms with Gasteiger partial charge >= 0.3 is 12.0 Å². The van der Waals surface area contributed by atoms with Gasteiger partial charge in [0, 0.05) is 25.3 Å². The molecule has 38 heavy (non-hydrogen) atoms. The number of hydrogen-bond donors (Lipinski definition) is 1. The maximum absolute atomic E-state index is 12.8. The summed E-state index contributed by atoms with van der Waals surface area (Å²) >= 11 is 0. The van der Waals surface area contributed by atoms with Gasteiger partial charge in [-0.3, -0.25) is 0 Å². The Labute approximate surface area is 223 Å². The smallest absolute Gasteiger partial charge is 0.339 e. The largest absolute Gasteiger partial charge is 0.456 e. The van der Waals surface area contributed by atoms with Gasteiger partial charge in [0.1, 0.15) is 11.4 Å². The van der Waals surface area contributed by atoms with Crippen LogP contribution < -0.4 is 5.32 Å². The number of anilines is 1. The lowest BCUT2D eigenvalue weighted by Crippen LogP contribution is -2.32. The number of benzene rings is 3. The van der Waals surface area contributed by atoms with Crippen LogP contribution in [-0.4, -0.2) is 45.1 Å². The van der Waals surface area contributed by atoms with Crippen molar-refractivity contribution in [3.8, 4) is 11.1 Å². The van der Waals surface area contributed by atoms with E-state index in [4.69, 9.17) is 9.72 Å². The third-order valence-electron chi connectivity index (χ3n) is 6.74. The van der Waals surface area contributed by atoms with Crippen LogP contribution in [0.25, 0.3) is 22.2 Å². The van der Waals surface area contributed by atoms with Gasteiger partial charge in [-0.2, -0.15) is 0 Å². The summed E-state index contributed by atoms with van der Waals surface area (Å²) in [5.74, 6) is 0.577. The highest BCUT2D eigenvalue weighted by Crippen LogP contribution is 2.27. The van der Waals surface area contributed by atoms with E-state index < -0.39 is 5.60 Å². The fourth-order valence-electron chi connectivity index (χ4n) is 4.86. The Hall–Kier alpha value is -4.13. The average molecular weight is 511 g/mol. The third kappa shape index (κ3) is 5.57. The number of esters is 1. The predicted octanol–water partition coefficient (Wildman–Crippen LogP) is 6.64. The monoisotopic (exact) mass is 510 g/mol. The van der Waals surface area contributed by atoms with Crippen molar-refractivity contribution in [1.29, 1.82) is 0 Å². The molecule has 2 amide bonds. The molecule has 0 atom stereocenters. The number of aromatic nitrogens is 2. The molecule has 4 aromatic rings. The van der Waals surface area contributed by atoms with E-state index in [1.807, 2.05) is 81.1 Å². The number of carbonyl (C=O) groups is 2. The van der Waals surface area contributed by atoms with Gasteiger partial charge in [-0.05, 0) is 81.5 Å². The molecule has 7 heteroatoms. The summed E-state index contributed by atoms with van der Waals surface area (Å²) in [7, 11) is 0. The number of hydrogen-bond acceptors (Lipinski definition) is 4. The lowest BCUT2D eigenvalue weighted by molar-refractivity contribution is 0.00704.